The van der Waals surface area contributed by atoms with Crippen molar-refractivity contribution in [2.45, 2.75) is 12.2 Å². The number of rotatable bonds is 10. The molecule has 1 amide bonds. The lowest BCUT2D eigenvalue weighted by molar-refractivity contribution is -0.136. The van der Waals surface area contributed by atoms with E-state index in [4.69, 9.17) is 9.47 Å². The number of carbonyl (C=O) groups is 2. The maximum Gasteiger partial charge on any atom is 0.335 e. The van der Waals surface area contributed by atoms with Crippen molar-refractivity contribution in [2.24, 2.45) is 5.10 Å². The SMILES string of the molecule is COc1cccc(/C=N\NC(=O)C(O)(c2ccccc2)c2ccccc2)c1OCc1cccc(C(=O)O)c1. The summed E-state index contributed by atoms with van der Waals surface area (Å²) in [6, 6.07) is 28.8. The van der Waals surface area contributed by atoms with Gasteiger partial charge in [0.25, 0.3) is 5.91 Å². The highest BCUT2D eigenvalue weighted by molar-refractivity contribution is 5.92. The summed E-state index contributed by atoms with van der Waals surface area (Å²) in [6.45, 7) is 0.0798. The van der Waals surface area contributed by atoms with Gasteiger partial charge >= 0.3 is 5.97 Å². The van der Waals surface area contributed by atoms with Gasteiger partial charge in [0, 0.05) is 5.56 Å². The number of hydrogen-bond donors (Lipinski definition) is 3. The van der Waals surface area contributed by atoms with Crippen molar-refractivity contribution in [3.63, 3.8) is 0 Å². The number of nitrogens with zero attached hydrogens (tertiary/aromatic N) is 1. The van der Waals surface area contributed by atoms with Gasteiger partial charge < -0.3 is 19.7 Å². The largest absolute Gasteiger partial charge is 0.493 e. The predicted molar refractivity (Wildman–Crippen MR) is 142 cm³/mol. The zero-order chi connectivity index (χ0) is 27.0. The van der Waals surface area contributed by atoms with E-state index in [1.54, 1.807) is 91.0 Å². The molecule has 3 N–H and O–H groups in total. The molecule has 192 valence electrons. The monoisotopic (exact) mass is 510 g/mol. The lowest BCUT2D eigenvalue weighted by Gasteiger charge is -2.27. The van der Waals surface area contributed by atoms with E-state index in [-0.39, 0.29) is 12.2 Å². The number of ether oxygens (including phenoxy) is 2. The molecule has 0 aromatic heterocycles. The highest BCUT2D eigenvalue weighted by Crippen LogP contribution is 2.32. The second-order valence-corrected chi connectivity index (χ2v) is 8.31. The Kier molecular flexibility index (Phi) is 8.15. The molecule has 4 aromatic rings. The molecule has 38 heavy (non-hydrogen) atoms. The number of hydrogen-bond acceptors (Lipinski definition) is 6. The molecule has 0 spiro atoms. The summed E-state index contributed by atoms with van der Waals surface area (Å²) in [5, 5.41) is 24.9. The van der Waals surface area contributed by atoms with Gasteiger partial charge in [-0.15, -0.1) is 0 Å². The smallest absolute Gasteiger partial charge is 0.335 e. The van der Waals surface area contributed by atoms with Crippen LogP contribution < -0.4 is 14.9 Å². The highest BCUT2D eigenvalue weighted by atomic mass is 16.5. The first kappa shape index (κ1) is 26.1. The molecule has 8 heteroatoms. The fraction of sp³-hybridized carbons (Fsp3) is 0.100. The highest BCUT2D eigenvalue weighted by Gasteiger charge is 2.39. The van der Waals surface area contributed by atoms with Crippen LogP contribution in [0, 0.1) is 0 Å². The average molecular weight is 511 g/mol. The standard InChI is InChI=1S/C30H26N2O6/c1-37-26-17-9-12-23(27(26)38-20-21-10-8-11-22(18-21)28(33)34)19-31-32-29(35)30(36,24-13-4-2-5-14-24)25-15-6-3-7-16-25/h2-19,36H,20H2,1H3,(H,32,35)(H,33,34)/b31-19-. The summed E-state index contributed by atoms with van der Waals surface area (Å²) in [5.41, 5.74) is 2.58. The van der Waals surface area contributed by atoms with E-state index in [1.165, 1.54) is 25.5 Å². The van der Waals surface area contributed by atoms with Crippen LogP contribution >= 0.6 is 0 Å². The van der Waals surface area contributed by atoms with E-state index in [1.807, 2.05) is 0 Å². The number of benzene rings is 4. The Morgan fingerprint density at radius 1 is 0.895 bits per heavy atom. The third kappa shape index (κ3) is 5.71. The van der Waals surface area contributed by atoms with Gasteiger partial charge in [0.1, 0.15) is 6.61 Å². The molecule has 0 radical (unpaired) electrons. The maximum absolute atomic E-state index is 13.3. The van der Waals surface area contributed by atoms with Gasteiger partial charge in [-0.2, -0.15) is 5.10 Å². The average Bonchev–Trinajstić information content (AvgIpc) is 2.96. The maximum atomic E-state index is 13.3. The van der Waals surface area contributed by atoms with Crippen LogP contribution in [0.25, 0.3) is 0 Å². The van der Waals surface area contributed by atoms with Gasteiger partial charge in [-0.25, -0.2) is 10.2 Å². The van der Waals surface area contributed by atoms with Crippen LogP contribution in [0.15, 0.2) is 108 Å². The molecule has 0 bridgehead atoms. The normalized spacial score (nSPS) is 11.2. The van der Waals surface area contributed by atoms with Crippen molar-refractivity contribution < 1.29 is 29.3 Å². The second-order valence-electron chi connectivity index (χ2n) is 8.31. The van der Waals surface area contributed by atoms with Gasteiger partial charge in [-0.1, -0.05) is 78.9 Å². The van der Waals surface area contributed by atoms with Gasteiger partial charge in [0.05, 0.1) is 18.9 Å². The number of para-hydroxylation sites is 1. The van der Waals surface area contributed by atoms with Crippen LogP contribution in [0.5, 0.6) is 11.5 Å². The van der Waals surface area contributed by atoms with Crippen molar-refractivity contribution >= 4 is 18.1 Å². The van der Waals surface area contributed by atoms with E-state index in [0.717, 1.165) is 0 Å². The minimum absolute atomic E-state index is 0.0798. The molecular formula is C30H26N2O6. The summed E-state index contributed by atoms with van der Waals surface area (Å²) in [5.74, 6) is -0.976. The second kappa shape index (κ2) is 11.9. The summed E-state index contributed by atoms with van der Waals surface area (Å²) in [7, 11) is 1.50. The molecule has 0 aliphatic carbocycles. The quantitative estimate of drug-likeness (QED) is 0.216. The van der Waals surface area contributed by atoms with Crippen LogP contribution in [-0.2, 0) is 17.0 Å². The predicted octanol–water partition coefficient (Wildman–Crippen LogP) is 4.36. The number of aliphatic hydroxyl groups is 1. The first-order valence-electron chi connectivity index (χ1n) is 11.7. The topological polar surface area (TPSA) is 117 Å². The van der Waals surface area contributed by atoms with Crippen LogP contribution in [0.4, 0.5) is 0 Å². The number of hydrazone groups is 1. The first-order chi connectivity index (χ1) is 18.4. The zero-order valence-corrected chi connectivity index (χ0v) is 20.6. The van der Waals surface area contributed by atoms with E-state index in [2.05, 4.69) is 10.5 Å². The molecule has 8 nitrogen and oxygen atoms in total. The lowest BCUT2D eigenvalue weighted by Crippen LogP contribution is -2.43. The fourth-order valence-electron chi connectivity index (χ4n) is 3.93. The van der Waals surface area contributed by atoms with Crippen molar-refractivity contribution in [2.75, 3.05) is 7.11 Å². The van der Waals surface area contributed by atoms with Gasteiger partial charge in [0.2, 0.25) is 0 Å². The first-order valence-corrected chi connectivity index (χ1v) is 11.7. The number of amides is 1. The number of carboxylic acid groups (broad SMARTS) is 1. The number of carbonyl (C=O) groups excluding carboxylic acids is 1. The van der Waals surface area contributed by atoms with Crippen LogP contribution in [0.3, 0.4) is 0 Å². The Bertz CT molecular complexity index is 1400. The molecule has 0 heterocycles. The van der Waals surface area contributed by atoms with Crippen LogP contribution in [0.2, 0.25) is 0 Å². The van der Waals surface area contributed by atoms with Crippen molar-refractivity contribution in [3.05, 3.63) is 131 Å². The molecule has 4 rings (SSSR count). The van der Waals surface area contributed by atoms with Crippen LogP contribution in [-0.4, -0.2) is 35.4 Å². The van der Waals surface area contributed by atoms with Crippen molar-refractivity contribution in [1.82, 2.24) is 5.43 Å². The fourth-order valence-corrected chi connectivity index (χ4v) is 3.93. The van der Waals surface area contributed by atoms with Crippen molar-refractivity contribution in [3.8, 4) is 11.5 Å². The molecule has 0 unspecified atom stereocenters. The minimum Gasteiger partial charge on any atom is -0.493 e. The Morgan fingerprint density at radius 2 is 1.53 bits per heavy atom. The Balaban J connectivity index is 1.57. The van der Waals surface area contributed by atoms with Gasteiger partial charge in [0.15, 0.2) is 17.1 Å². The van der Waals surface area contributed by atoms with E-state index < -0.39 is 17.5 Å². The van der Waals surface area contributed by atoms with Crippen LogP contribution in [0.1, 0.15) is 32.6 Å². The lowest BCUT2D eigenvalue weighted by atomic mass is 9.85. The Labute approximate surface area is 219 Å². The molecule has 0 aliphatic rings. The molecule has 0 atom stereocenters. The summed E-state index contributed by atoms with van der Waals surface area (Å²) >= 11 is 0. The Morgan fingerprint density at radius 3 is 2.13 bits per heavy atom. The van der Waals surface area contributed by atoms with Gasteiger partial charge in [-0.3, -0.25) is 4.79 Å². The number of carboxylic acids is 1. The summed E-state index contributed by atoms with van der Waals surface area (Å²) < 4.78 is 11.4. The number of aromatic carboxylic acids is 1. The third-order valence-corrected chi connectivity index (χ3v) is 5.87. The zero-order valence-electron chi connectivity index (χ0n) is 20.6. The van der Waals surface area contributed by atoms with Crippen molar-refractivity contribution in [1.29, 1.82) is 0 Å². The van der Waals surface area contributed by atoms with E-state index >= 15 is 0 Å². The number of methoxy groups -OCH3 is 1. The number of nitrogens with one attached hydrogen (secondary N) is 1. The van der Waals surface area contributed by atoms with E-state index in [0.29, 0.717) is 33.8 Å². The molecular weight excluding hydrogens is 484 g/mol. The molecule has 4 aromatic carbocycles. The molecule has 0 saturated carbocycles. The molecule has 0 saturated heterocycles. The minimum atomic E-state index is -1.97. The summed E-state index contributed by atoms with van der Waals surface area (Å²) in [4.78, 5) is 24.6. The molecule has 0 fully saturated rings. The van der Waals surface area contributed by atoms with Gasteiger partial charge in [-0.05, 0) is 41.0 Å². The van der Waals surface area contributed by atoms with E-state index in [9.17, 15) is 19.8 Å². The Hall–Kier alpha value is -4.95. The summed E-state index contributed by atoms with van der Waals surface area (Å²) in [6.07, 6.45) is 1.39. The third-order valence-electron chi connectivity index (χ3n) is 5.87. The molecule has 0 aliphatic heterocycles.